The van der Waals surface area contributed by atoms with Crippen molar-refractivity contribution >= 4 is 23.2 Å². The molecule has 0 radical (unpaired) electrons. The summed E-state index contributed by atoms with van der Waals surface area (Å²) in [6.07, 6.45) is 7.93. The first kappa shape index (κ1) is 20.7. The molecule has 0 aromatic heterocycles. The molecule has 5 nitrogen and oxygen atoms in total. The molecule has 1 aliphatic carbocycles. The van der Waals surface area contributed by atoms with E-state index >= 15 is 0 Å². The molecular formula is C23H35N3O2. The normalized spacial score (nSPS) is 19.3. The van der Waals surface area contributed by atoms with Crippen molar-refractivity contribution in [2.24, 2.45) is 11.3 Å². The topological polar surface area (TPSA) is 61.4 Å². The van der Waals surface area contributed by atoms with Crippen LogP contribution in [0.5, 0.6) is 0 Å². The highest BCUT2D eigenvalue weighted by atomic mass is 16.2. The molecule has 2 aliphatic rings. The number of nitrogens with one attached hydrogen (secondary N) is 2. The van der Waals surface area contributed by atoms with Gasteiger partial charge in [0.05, 0.1) is 0 Å². The van der Waals surface area contributed by atoms with Crippen LogP contribution in [0.3, 0.4) is 0 Å². The summed E-state index contributed by atoms with van der Waals surface area (Å²) in [5, 5.41) is 6.65. The number of hydrogen-bond acceptors (Lipinski definition) is 3. The lowest BCUT2D eigenvalue weighted by atomic mass is 9.90. The van der Waals surface area contributed by atoms with Gasteiger partial charge in [0, 0.05) is 41.8 Å². The second kappa shape index (κ2) is 8.97. The summed E-state index contributed by atoms with van der Waals surface area (Å²) in [5.74, 6) is 0.215. The summed E-state index contributed by atoms with van der Waals surface area (Å²) >= 11 is 0. The van der Waals surface area contributed by atoms with Gasteiger partial charge in [0.1, 0.15) is 0 Å². The highest BCUT2D eigenvalue weighted by molar-refractivity contribution is 5.93. The van der Waals surface area contributed by atoms with Crippen LogP contribution < -0.4 is 10.6 Å². The molecule has 5 heteroatoms. The number of rotatable bonds is 4. The lowest BCUT2D eigenvalue weighted by Crippen LogP contribution is -2.45. The van der Waals surface area contributed by atoms with Gasteiger partial charge in [0.2, 0.25) is 11.8 Å². The summed E-state index contributed by atoms with van der Waals surface area (Å²) < 4.78 is 0. The van der Waals surface area contributed by atoms with Crippen LogP contribution in [0.2, 0.25) is 0 Å². The lowest BCUT2D eigenvalue weighted by Gasteiger charge is -2.35. The van der Waals surface area contributed by atoms with Gasteiger partial charge in [-0.3, -0.25) is 9.59 Å². The molecule has 2 fully saturated rings. The molecule has 2 amide bonds. The minimum Gasteiger partial charge on any atom is -0.382 e. The van der Waals surface area contributed by atoms with Crippen molar-refractivity contribution in [3.8, 4) is 0 Å². The minimum atomic E-state index is -0.359. The Bertz CT molecular complexity index is 664. The Labute approximate surface area is 169 Å². The maximum atomic E-state index is 12.6. The molecule has 1 heterocycles. The van der Waals surface area contributed by atoms with Crippen LogP contribution >= 0.6 is 0 Å². The maximum Gasteiger partial charge on any atom is 0.227 e. The fraction of sp³-hybridized carbons (Fsp3) is 0.652. The van der Waals surface area contributed by atoms with Crippen molar-refractivity contribution in [3.05, 3.63) is 24.3 Å². The largest absolute Gasteiger partial charge is 0.382 e. The number of benzene rings is 1. The zero-order valence-corrected chi connectivity index (χ0v) is 17.6. The number of carbonyl (C=O) groups excluding carboxylic acids is 2. The maximum absolute atomic E-state index is 12.6. The third-order valence-electron chi connectivity index (χ3n) is 5.92. The Kier molecular flexibility index (Phi) is 6.63. The number of carbonyl (C=O) groups is 2. The Morgan fingerprint density at radius 1 is 0.893 bits per heavy atom. The number of piperidine rings is 1. The fourth-order valence-electron chi connectivity index (χ4n) is 4.20. The molecule has 1 aliphatic heterocycles. The van der Waals surface area contributed by atoms with Crippen LogP contribution in [0, 0.1) is 11.3 Å². The lowest BCUT2D eigenvalue weighted by molar-refractivity contribution is -0.142. The van der Waals surface area contributed by atoms with E-state index in [4.69, 9.17) is 0 Å². The number of likely N-dealkylation sites (tertiary alicyclic amines) is 1. The van der Waals surface area contributed by atoms with Gasteiger partial charge in [-0.15, -0.1) is 0 Å². The molecule has 0 spiro atoms. The quantitative estimate of drug-likeness (QED) is 0.793. The molecule has 0 bridgehead atoms. The zero-order valence-electron chi connectivity index (χ0n) is 17.6. The molecule has 2 N–H and O–H groups in total. The molecule has 1 aromatic rings. The van der Waals surface area contributed by atoms with E-state index in [2.05, 4.69) is 22.8 Å². The van der Waals surface area contributed by atoms with Gasteiger partial charge in [-0.2, -0.15) is 0 Å². The van der Waals surface area contributed by atoms with E-state index in [0.29, 0.717) is 19.1 Å². The summed E-state index contributed by atoms with van der Waals surface area (Å²) in [5.41, 5.74) is 1.61. The van der Waals surface area contributed by atoms with Crippen LogP contribution in [-0.2, 0) is 9.59 Å². The van der Waals surface area contributed by atoms with Crippen LogP contribution in [0.25, 0.3) is 0 Å². The second-order valence-corrected chi connectivity index (χ2v) is 9.36. The van der Waals surface area contributed by atoms with Gasteiger partial charge in [0.25, 0.3) is 0 Å². The number of nitrogens with zero attached hydrogens (tertiary/aromatic N) is 1. The molecule has 0 atom stereocenters. The van der Waals surface area contributed by atoms with Crippen molar-refractivity contribution in [2.45, 2.75) is 71.8 Å². The Morgan fingerprint density at radius 2 is 1.46 bits per heavy atom. The molecule has 0 unspecified atom stereocenters. The SMILES string of the molecule is CC(C)(C)C(=O)N1CCC(C(=O)Nc2ccc(NC3CCCCC3)cc2)CC1. The van der Waals surface area contributed by atoms with Gasteiger partial charge < -0.3 is 15.5 Å². The van der Waals surface area contributed by atoms with E-state index < -0.39 is 0 Å². The third-order valence-corrected chi connectivity index (χ3v) is 5.92. The monoisotopic (exact) mass is 385 g/mol. The number of hydrogen-bond donors (Lipinski definition) is 2. The van der Waals surface area contributed by atoms with E-state index in [0.717, 1.165) is 24.2 Å². The molecule has 3 rings (SSSR count). The van der Waals surface area contributed by atoms with Gasteiger partial charge in [0.15, 0.2) is 0 Å². The van der Waals surface area contributed by atoms with Crippen LogP contribution in [0.1, 0.15) is 65.7 Å². The highest BCUT2D eigenvalue weighted by Crippen LogP contribution is 2.26. The standard InChI is InChI=1S/C23H35N3O2/c1-23(2,3)22(28)26-15-13-17(14-16-26)21(27)25-20-11-9-19(10-12-20)24-18-7-5-4-6-8-18/h9-12,17-18,24H,4-8,13-16H2,1-3H3,(H,25,27). The van der Waals surface area contributed by atoms with E-state index in [-0.39, 0.29) is 23.1 Å². The summed E-state index contributed by atoms with van der Waals surface area (Å²) in [6.45, 7) is 7.17. The van der Waals surface area contributed by atoms with Crippen molar-refractivity contribution in [2.75, 3.05) is 23.7 Å². The third kappa shape index (κ3) is 5.49. The average Bonchev–Trinajstić information content (AvgIpc) is 2.69. The van der Waals surface area contributed by atoms with Crippen LogP contribution in [0.4, 0.5) is 11.4 Å². The van der Waals surface area contributed by atoms with Gasteiger partial charge >= 0.3 is 0 Å². The Morgan fingerprint density at radius 3 is 2.04 bits per heavy atom. The van der Waals surface area contributed by atoms with E-state index in [9.17, 15) is 9.59 Å². The van der Waals surface area contributed by atoms with E-state index in [1.807, 2.05) is 37.8 Å². The Hall–Kier alpha value is -2.04. The predicted molar refractivity (Wildman–Crippen MR) is 114 cm³/mol. The van der Waals surface area contributed by atoms with Gasteiger partial charge in [-0.1, -0.05) is 40.0 Å². The number of amides is 2. The van der Waals surface area contributed by atoms with Crippen molar-refractivity contribution < 1.29 is 9.59 Å². The van der Waals surface area contributed by atoms with Crippen LogP contribution in [-0.4, -0.2) is 35.8 Å². The van der Waals surface area contributed by atoms with Crippen molar-refractivity contribution in [1.82, 2.24) is 4.90 Å². The first-order chi connectivity index (χ1) is 13.3. The molecule has 28 heavy (non-hydrogen) atoms. The van der Waals surface area contributed by atoms with Crippen molar-refractivity contribution in [1.29, 1.82) is 0 Å². The van der Waals surface area contributed by atoms with Gasteiger partial charge in [-0.05, 0) is 49.9 Å². The number of anilines is 2. The summed E-state index contributed by atoms with van der Waals surface area (Å²) in [7, 11) is 0. The Balaban J connectivity index is 1.46. The first-order valence-electron chi connectivity index (χ1n) is 10.8. The molecule has 1 saturated carbocycles. The van der Waals surface area contributed by atoms with Gasteiger partial charge in [-0.25, -0.2) is 0 Å². The fourth-order valence-corrected chi connectivity index (χ4v) is 4.20. The smallest absolute Gasteiger partial charge is 0.227 e. The van der Waals surface area contributed by atoms with Crippen molar-refractivity contribution in [3.63, 3.8) is 0 Å². The highest BCUT2D eigenvalue weighted by Gasteiger charge is 2.32. The molecule has 1 aromatic carbocycles. The van der Waals surface area contributed by atoms with E-state index in [1.54, 1.807) is 0 Å². The van der Waals surface area contributed by atoms with E-state index in [1.165, 1.54) is 32.1 Å². The molecule has 154 valence electrons. The second-order valence-electron chi connectivity index (χ2n) is 9.36. The molecular weight excluding hydrogens is 350 g/mol. The van der Waals surface area contributed by atoms with Crippen LogP contribution in [0.15, 0.2) is 24.3 Å². The average molecular weight is 386 g/mol. The first-order valence-corrected chi connectivity index (χ1v) is 10.8. The predicted octanol–water partition coefficient (Wildman–Crippen LogP) is 4.65. The summed E-state index contributed by atoms with van der Waals surface area (Å²) in [6, 6.07) is 8.63. The summed E-state index contributed by atoms with van der Waals surface area (Å²) in [4.78, 5) is 26.9. The molecule has 1 saturated heterocycles. The zero-order chi connectivity index (χ0) is 20.1. The minimum absolute atomic E-state index is 0.0240.